The standard InChI is InChI=1S/C22H28O2/c1-4-14-13-21(3)19(10-11-22(21,24)5-2)18-8-6-15-12-16(23)7-9-17(15)20(14)18/h2,7,9,12,14,18-20,23-24H,4,6,8,10-11,13H2,1,3H3/t14-,18-,19-,20+,21-,22-/m0/s1. The molecule has 2 N–H and O–H groups in total. The number of aryl methyl sites for hydroxylation is 1. The van der Waals surface area contributed by atoms with E-state index >= 15 is 0 Å². The van der Waals surface area contributed by atoms with Crippen LogP contribution in [0.1, 0.15) is 63.0 Å². The molecule has 0 unspecified atom stereocenters. The molecule has 0 bridgehead atoms. The van der Waals surface area contributed by atoms with E-state index in [4.69, 9.17) is 6.42 Å². The van der Waals surface area contributed by atoms with E-state index < -0.39 is 5.60 Å². The fraction of sp³-hybridized carbons (Fsp3) is 0.636. The number of aromatic hydroxyl groups is 1. The molecule has 0 aliphatic heterocycles. The van der Waals surface area contributed by atoms with Crippen molar-refractivity contribution in [2.24, 2.45) is 23.2 Å². The van der Waals surface area contributed by atoms with Crippen molar-refractivity contribution in [2.45, 2.75) is 63.9 Å². The Bertz CT molecular complexity index is 702. The molecule has 0 heterocycles. The average Bonchev–Trinajstić information content (AvgIpc) is 2.85. The molecule has 3 aliphatic rings. The third kappa shape index (κ3) is 1.94. The van der Waals surface area contributed by atoms with Crippen LogP contribution in [0.5, 0.6) is 5.75 Å². The number of hydrogen-bond donors (Lipinski definition) is 2. The molecule has 0 spiro atoms. The van der Waals surface area contributed by atoms with Gasteiger partial charge in [0.15, 0.2) is 0 Å². The van der Waals surface area contributed by atoms with Gasteiger partial charge in [-0.1, -0.05) is 32.3 Å². The Morgan fingerprint density at radius 1 is 1.33 bits per heavy atom. The van der Waals surface area contributed by atoms with E-state index in [0.29, 0.717) is 29.4 Å². The predicted molar refractivity (Wildman–Crippen MR) is 95.7 cm³/mol. The van der Waals surface area contributed by atoms with Gasteiger partial charge in [-0.05, 0) is 79.0 Å². The number of terminal acetylenes is 1. The van der Waals surface area contributed by atoms with Gasteiger partial charge in [0.05, 0.1) is 0 Å². The van der Waals surface area contributed by atoms with Crippen molar-refractivity contribution in [3.8, 4) is 18.1 Å². The monoisotopic (exact) mass is 324 g/mol. The van der Waals surface area contributed by atoms with Crippen LogP contribution < -0.4 is 0 Å². The SMILES string of the molecule is C#C[C@]1(O)CC[C@H]2[C@@H]3CCc4cc(O)ccc4[C@H]3[C@@H](CC)C[C@@]21C. The minimum Gasteiger partial charge on any atom is -0.508 e. The van der Waals surface area contributed by atoms with E-state index in [0.717, 1.165) is 38.5 Å². The molecule has 3 aliphatic carbocycles. The van der Waals surface area contributed by atoms with Crippen molar-refractivity contribution in [3.05, 3.63) is 29.3 Å². The number of phenolic OH excluding ortho intramolecular Hbond substituents is 1. The number of phenols is 1. The Kier molecular flexibility index (Phi) is 3.52. The summed E-state index contributed by atoms with van der Waals surface area (Å²) in [5, 5.41) is 21.0. The summed E-state index contributed by atoms with van der Waals surface area (Å²) in [6.07, 6.45) is 11.9. The fourth-order valence-corrected chi connectivity index (χ4v) is 6.51. The Balaban J connectivity index is 1.80. The van der Waals surface area contributed by atoms with Crippen molar-refractivity contribution in [2.75, 3.05) is 0 Å². The van der Waals surface area contributed by atoms with Crippen LogP contribution in [0.15, 0.2) is 18.2 Å². The van der Waals surface area contributed by atoms with Crippen LogP contribution in [0.4, 0.5) is 0 Å². The number of fused-ring (bicyclic) bond motifs is 5. The van der Waals surface area contributed by atoms with Crippen molar-refractivity contribution in [1.29, 1.82) is 0 Å². The minimum absolute atomic E-state index is 0.155. The van der Waals surface area contributed by atoms with E-state index in [1.54, 1.807) is 0 Å². The number of benzene rings is 1. The van der Waals surface area contributed by atoms with Gasteiger partial charge in [-0.25, -0.2) is 0 Å². The van der Waals surface area contributed by atoms with Crippen LogP contribution in [-0.2, 0) is 6.42 Å². The molecule has 4 rings (SSSR count). The lowest BCUT2D eigenvalue weighted by Gasteiger charge is -2.55. The van der Waals surface area contributed by atoms with Crippen molar-refractivity contribution >= 4 is 0 Å². The smallest absolute Gasteiger partial charge is 0.130 e. The lowest BCUT2D eigenvalue weighted by Crippen LogP contribution is -2.52. The molecule has 0 saturated heterocycles. The molecule has 0 amide bonds. The average molecular weight is 324 g/mol. The molecule has 2 heteroatoms. The third-order valence-corrected chi connectivity index (χ3v) is 7.75. The zero-order valence-electron chi connectivity index (χ0n) is 14.8. The van der Waals surface area contributed by atoms with Crippen molar-refractivity contribution in [1.82, 2.24) is 0 Å². The van der Waals surface area contributed by atoms with E-state index in [1.165, 1.54) is 11.1 Å². The summed E-state index contributed by atoms with van der Waals surface area (Å²) in [7, 11) is 0. The Hall–Kier alpha value is -1.46. The first kappa shape index (κ1) is 16.0. The van der Waals surface area contributed by atoms with Gasteiger partial charge in [-0.15, -0.1) is 6.42 Å². The quantitative estimate of drug-likeness (QED) is 0.758. The van der Waals surface area contributed by atoms with Crippen LogP contribution in [0.3, 0.4) is 0 Å². The van der Waals surface area contributed by atoms with Crippen LogP contribution in [-0.4, -0.2) is 15.8 Å². The van der Waals surface area contributed by atoms with E-state index in [2.05, 4.69) is 25.8 Å². The molecule has 128 valence electrons. The van der Waals surface area contributed by atoms with Crippen molar-refractivity contribution in [3.63, 3.8) is 0 Å². The summed E-state index contributed by atoms with van der Waals surface area (Å²) < 4.78 is 0. The lowest BCUT2D eigenvalue weighted by atomic mass is 9.49. The van der Waals surface area contributed by atoms with E-state index in [-0.39, 0.29) is 5.41 Å². The number of rotatable bonds is 1. The molecule has 2 saturated carbocycles. The molecule has 1 aromatic rings. The van der Waals surface area contributed by atoms with Gasteiger partial charge in [0.2, 0.25) is 0 Å². The van der Waals surface area contributed by atoms with Gasteiger partial charge >= 0.3 is 0 Å². The first-order valence-electron chi connectivity index (χ1n) is 9.45. The summed E-state index contributed by atoms with van der Waals surface area (Å²) in [4.78, 5) is 0. The summed E-state index contributed by atoms with van der Waals surface area (Å²) in [5.74, 6) is 5.37. The first-order valence-corrected chi connectivity index (χ1v) is 9.45. The molecular weight excluding hydrogens is 296 g/mol. The van der Waals surface area contributed by atoms with Gasteiger partial charge < -0.3 is 10.2 Å². The maximum Gasteiger partial charge on any atom is 0.130 e. The second-order valence-corrected chi connectivity index (χ2v) is 8.55. The van der Waals surface area contributed by atoms with Crippen LogP contribution in [0.2, 0.25) is 0 Å². The third-order valence-electron chi connectivity index (χ3n) is 7.75. The predicted octanol–water partition coefficient (Wildman–Crippen LogP) is 4.25. The number of aliphatic hydroxyl groups is 1. The molecule has 0 aromatic heterocycles. The minimum atomic E-state index is -0.939. The van der Waals surface area contributed by atoms with Gasteiger partial charge in [-0.2, -0.15) is 0 Å². The van der Waals surface area contributed by atoms with Crippen LogP contribution in [0.25, 0.3) is 0 Å². The second kappa shape index (κ2) is 5.27. The Morgan fingerprint density at radius 3 is 2.83 bits per heavy atom. The zero-order chi connectivity index (χ0) is 17.1. The Labute approximate surface area is 145 Å². The molecule has 2 nitrogen and oxygen atoms in total. The summed E-state index contributed by atoms with van der Waals surface area (Å²) in [5.41, 5.74) is 1.67. The molecular formula is C22H28O2. The summed E-state index contributed by atoms with van der Waals surface area (Å²) in [6.45, 7) is 4.51. The summed E-state index contributed by atoms with van der Waals surface area (Å²) in [6, 6.07) is 5.95. The second-order valence-electron chi connectivity index (χ2n) is 8.55. The highest BCUT2D eigenvalue weighted by atomic mass is 16.3. The molecule has 24 heavy (non-hydrogen) atoms. The first-order chi connectivity index (χ1) is 11.4. The Morgan fingerprint density at radius 2 is 2.12 bits per heavy atom. The topological polar surface area (TPSA) is 40.5 Å². The van der Waals surface area contributed by atoms with Crippen LogP contribution >= 0.6 is 0 Å². The van der Waals surface area contributed by atoms with E-state index in [1.807, 2.05) is 12.1 Å². The van der Waals surface area contributed by atoms with Crippen LogP contribution in [0, 0.1) is 35.5 Å². The van der Waals surface area contributed by atoms with E-state index in [9.17, 15) is 10.2 Å². The fourth-order valence-electron chi connectivity index (χ4n) is 6.51. The zero-order valence-corrected chi connectivity index (χ0v) is 14.8. The largest absolute Gasteiger partial charge is 0.508 e. The summed E-state index contributed by atoms with van der Waals surface area (Å²) >= 11 is 0. The molecule has 0 radical (unpaired) electrons. The maximum atomic E-state index is 11.1. The number of hydrogen-bond acceptors (Lipinski definition) is 2. The molecule has 6 atom stereocenters. The molecule has 1 aromatic carbocycles. The van der Waals surface area contributed by atoms with Crippen molar-refractivity contribution < 1.29 is 10.2 Å². The van der Waals surface area contributed by atoms with Gasteiger partial charge in [0.1, 0.15) is 11.4 Å². The normalized spacial score (nSPS) is 43.4. The maximum absolute atomic E-state index is 11.1. The van der Waals surface area contributed by atoms with Gasteiger partial charge in [-0.3, -0.25) is 0 Å². The lowest BCUT2D eigenvalue weighted by molar-refractivity contribution is -0.0845. The van der Waals surface area contributed by atoms with Gasteiger partial charge in [0.25, 0.3) is 0 Å². The molecule has 2 fully saturated rings. The highest BCUT2D eigenvalue weighted by molar-refractivity contribution is 5.41. The van der Waals surface area contributed by atoms with Gasteiger partial charge in [0, 0.05) is 5.41 Å². The highest BCUT2D eigenvalue weighted by Crippen LogP contribution is 2.66. The highest BCUT2D eigenvalue weighted by Gasteiger charge is 2.62.